The Morgan fingerprint density at radius 2 is 1.61 bits per heavy atom. The van der Waals surface area contributed by atoms with Crippen molar-refractivity contribution in [3.63, 3.8) is 0 Å². The van der Waals surface area contributed by atoms with Gasteiger partial charge >= 0.3 is 11.9 Å². The highest BCUT2D eigenvalue weighted by atomic mass is 32.1. The number of carboxylic acids is 2. The van der Waals surface area contributed by atoms with Gasteiger partial charge in [0.25, 0.3) is 0 Å². The summed E-state index contributed by atoms with van der Waals surface area (Å²) in [5.74, 6) is -0.635. The molecule has 2 aliphatic rings. The number of amidine groups is 1. The normalized spacial score (nSPS) is 15.5. The largest absolute Gasteiger partial charge is 0.478 e. The Bertz CT molecular complexity index is 1230. The molecule has 170 valence electrons. The zero-order chi connectivity index (χ0) is 23.4. The number of aliphatic imine (C=N–C) groups is 1. The minimum absolute atomic E-state index is 0.558. The first kappa shape index (κ1) is 22.5. The SMILES string of the molecule is CN1CCN(C2=Nc3ccccc3Oc3sc4ccccc4c32)CC1.O=C(O)/C=C/C(=O)O. The van der Waals surface area contributed by atoms with E-state index in [0.717, 1.165) is 54.1 Å². The van der Waals surface area contributed by atoms with E-state index in [4.69, 9.17) is 19.9 Å². The number of nitrogens with zero attached hydrogens (tertiary/aromatic N) is 3. The molecule has 2 N–H and O–H groups in total. The van der Waals surface area contributed by atoms with E-state index < -0.39 is 11.9 Å². The molecule has 0 saturated carbocycles. The molecule has 0 unspecified atom stereocenters. The van der Waals surface area contributed by atoms with Crippen molar-refractivity contribution in [3.8, 4) is 10.8 Å². The summed E-state index contributed by atoms with van der Waals surface area (Å²) in [6.07, 6.45) is 1.12. The van der Waals surface area contributed by atoms with Crippen LogP contribution in [-0.4, -0.2) is 71.0 Å². The van der Waals surface area contributed by atoms with Crippen LogP contribution in [0.5, 0.6) is 10.8 Å². The smallest absolute Gasteiger partial charge is 0.328 e. The molecule has 2 aliphatic heterocycles. The first-order chi connectivity index (χ1) is 15.9. The lowest BCUT2D eigenvalue weighted by molar-refractivity contribution is -0.134. The van der Waals surface area contributed by atoms with Crippen LogP contribution in [-0.2, 0) is 9.59 Å². The lowest BCUT2D eigenvalue weighted by Gasteiger charge is -2.34. The van der Waals surface area contributed by atoms with Gasteiger partial charge in [-0.05, 0) is 25.2 Å². The van der Waals surface area contributed by atoms with Gasteiger partial charge in [0.05, 0.1) is 5.56 Å². The highest BCUT2D eigenvalue weighted by molar-refractivity contribution is 7.21. The third-order valence-electron chi connectivity index (χ3n) is 5.25. The van der Waals surface area contributed by atoms with E-state index in [0.29, 0.717) is 12.2 Å². The van der Waals surface area contributed by atoms with Crippen molar-refractivity contribution in [2.24, 2.45) is 4.99 Å². The molecule has 9 heteroatoms. The van der Waals surface area contributed by atoms with Crippen molar-refractivity contribution in [1.82, 2.24) is 9.80 Å². The molecule has 0 spiro atoms. The van der Waals surface area contributed by atoms with Gasteiger partial charge < -0.3 is 24.7 Å². The van der Waals surface area contributed by atoms with Crippen LogP contribution in [0.3, 0.4) is 0 Å². The Hall–Kier alpha value is -3.69. The average Bonchev–Trinajstić information content (AvgIpc) is 3.07. The summed E-state index contributed by atoms with van der Waals surface area (Å²) in [6.45, 7) is 4.08. The molecule has 0 bridgehead atoms. The van der Waals surface area contributed by atoms with Crippen molar-refractivity contribution < 1.29 is 24.5 Å². The van der Waals surface area contributed by atoms with E-state index in [1.165, 1.54) is 10.1 Å². The molecule has 5 rings (SSSR count). The molecule has 0 aliphatic carbocycles. The van der Waals surface area contributed by atoms with Gasteiger partial charge in [0.2, 0.25) is 0 Å². The van der Waals surface area contributed by atoms with Gasteiger partial charge in [-0.1, -0.05) is 41.7 Å². The Morgan fingerprint density at radius 3 is 2.30 bits per heavy atom. The third-order valence-corrected chi connectivity index (χ3v) is 6.30. The number of carboxylic acid groups (broad SMARTS) is 2. The molecule has 1 aromatic heterocycles. The Balaban J connectivity index is 0.000000281. The highest BCUT2D eigenvalue weighted by Gasteiger charge is 2.28. The summed E-state index contributed by atoms with van der Waals surface area (Å²) < 4.78 is 7.54. The maximum absolute atomic E-state index is 9.55. The fourth-order valence-electron chi connectivity index (χ4n) is 3.60. The summed E-state index contributed by atoms with van der Waals surface area (Å²) in [6, 6.07) is 16.6. The number of thiophene rings is 1. The monoisotopic (exact) mass is 465 g/mol. The van der Waals surface area contributed by atoms with Crippen LogP contribution >= 0.6 is 11.3 Å². The molecule has 33 heavy (non-hydrogen) atoms. The number of carbonyl (C=O) groups is 2. The molecule has 0 radical (unpaired) electrons. The number of likely N-dealkylation sites (N-methyl/N-ethyl adjacent to an activating group) is 1. The third kappa shape index (κ3) is 5.21. The predicted molar refractivity (Wildman–Crippen MR) is 128 cm³/mol. The van der Waals surface area contributed by atoms with Gasteiger partial charge in [-0.2, -0.15) is 0 Å². The lowest BCUT2D eigenvalue weighted by Crippen LogP contribution is -2.47. The summed E-state index contributed by atoms with van der Waals surface area (Å²) >= 11 is 1.70. The van der Waals surface area contributed by atoms with Crippen LogP contribution in [0.15, 0.2) is 65.7 Å². The highest BCUT2D eigenvalue weighted by Crippen LogP contribution is 2.45. The number of fused-ring (bicyclic) bond motifs is 4. The first-order valence-electron chi connectivity index (χ1n) is 10.4. The van der Waals surface area contributed by atoms with Gasteiger partial charge in [0.1, 0.15) is 11.5 Å². The molecule has 3 heterocycles. The number of aliphatic carboxylic acids is 2. The fraction of sp³-hybridized carbons (Fsp3) is 0.208. The maximum Gasteiger partial charge on any atom is 0.328 e. The Labute approximate surface area is 194 Å². The molecule has 3 aromatic rings. The minimum atomic E-state index is -1.26. The number of hydrogen-bond acceptors (Lipinski definition) is 7. The van der Waals surface area contributed by atoms with Gasteiger partial charge in [-0.25, -0.2) is 14.6 Å². The summed E-state index contributed by atoms with van der Waals surface area (Å²) in [5, 5.41) is 17.8. The maximum atomic E-state index is 9.55. The molecule has 0 amide bonds. The van der Waals surface area contributed by atoms with Crippen LogP contribution in [0.25, 0.3) is 10.1 Å². The van der Waals surface area contributed by atoms with Gasteiger partial charge in [0, 0.05) is 48.4 Å². The zero-order valence-electron chi connectivity index (χ0n) is 18.0. The Kier molecular flexibility index (Phi) is 6.71. The number of hydrogen-bond donors (Lipinski definition) is 2. The first-order valence-corrected chi connectivity index (χ1v) is 11.2. The van der Waals surface area contributed by atoms with Crippen molar-refractivity contribution in [2.45, 2.75) is 0 Å². The van der Waals surface area contributed by atoms with Crippen molar-refractivity contribution in [1.29, 1.82) is 0 Å². The van der Waals surface area contributed by atoms with Crippen molar-refractivity contribution in [3.05, 3.63) is 66.2 Å². The minimum Gasteiger partial charge on any atom is -0.478 e. The fourth-order valence-corrected chi connectivity index (χ4v) is 4.66. The number of ether oxygens (including phenoxy) is 1. The Morgan fingerprint density at radius 1 is 0.970 bits per heavy atom. The molecular weight excluding hydrogens is 442 g/mol. The van der Waals surface area contributed by atoms with Crippen LogP contribution in [0.2, 0.25) is 0 Å². The molecule has 1 saturated heterocycles. The molecule has 8 nitrogen and oxygen atoms in total. The number of rotatable bonds is 2. The van der Waals surface area contributed by atoms with E-state index >= 15 is 0 Å². The molecular formula is C24H23N3O5S. The van der Waals surface area contributed by atoms with Crippen molar-refractivity contribution >= 4 is 44.9 Å². The van der Waals surface area contributed by atoms with E-state index in [1.807, 2.05) is 24.3 Å². The number of benzene rings is 2. The summed E-state index contributed by atoms with van der Waals surface area (Å²) in [7, 11) is 2.18. The number of piperazine rings is 1. The van der Waals surface area contributed by atoms with E-state index in [9.17, 15) is 9.59 Å². The number of para-hydroxylation sites is 2. The summed E-state index contributed by atoms with van der Waals surface area (Å²) in [5.41, 5.74) is 2.05. The zero-order valence-corrected chi connectivity index (χ0v) is 18.8. The van der Waals surface area contributed by atoms with Gasteiger partial charge in [-0.3, -0.25) is 0 Å². The van der Waals surface area contributed by atoms with Gasteiger partial charge in [0.15, 0.2) is 10.8 Å². The van der Waals surface area contributed by atoms with Crippen LogP contribution in [0.4, 0.5) is 5.69 Å². The second-order valence-electron chi connectivity index (χ2n) is 7.57. The molecule has 2 aromatic carbocycles. The standard InChI is InChI=1S/C20H19N3OS.C4H4O4/c1-22-10-12-23(13-11-22)19-18-14-6-2-5-9-17(14)25-20(18)24-16-8-4-3-7-15(16)21-19;5-3(6)1-2-4(7)8/h2-9H,10-13H2,1H3;1-2H,(H,5,6)(H,7,8)/b;2-1+. The van der Waals surface area contributed by atoms with Crippen LogP contribution in [0.1, 0.15) is 5.56 Å². The van der Waals surface area contributed by atoms with Crippen LogP contribution < -0.4 is 4.74 Å². The topological polar surface area (TPSA) is 103 Å². The second kappa shape index (κ2) is 9.85. The quantitative estimate of drug-likeness (QED) is 0.551. The average molecular weight is 466 g/mol. The predicted octanol–water partition coefficient (Wildman–Crippen LogP) is 4.04. The van der Waals surface area contributed by atoms with Gasteiger partial charge in [-0.15, -0.1) is 0 Å². The van der Waals surface area contributed by atoms with E-state index in [1.54, 1.807) is 11.3 Å². The second-order valence-corrected chi connectivity index (χ2v) is 8.58. The van der Waals surface area contributed by atoms with E-state index in [2.05, 4.69) is 41.1 Å². The van der Waals surface area contributed by atoms with Crippen molar-refractivity contribution in [2.75, 3.05) is 33.2 Å². The van der Waals surface area contributed by atoms with E-state index in [-0.39, 0.29) is 0 Å². The molecule has 0 atom stereocenters. The lowest BCUT2D eigenvalue weighted by atomic mass is 10.1. The molecule has 1 fully saturated rings. The summed E-state index contributed by atoms with van der Waals surface area (Å²) in [4.78, 5) is 28.9. The van der Waals surface area contributed by atoms with Crippen LogP contribution in [0, 0.1) is 0 Å².